The van der Waals surface area contributed by atoms with E-state index in [1.807, 2.05) is 0 Å². The molecule has 2 aromatic rings. The largest absolute Gasteiger partial charge is 0.469 e. The molecule has 1 amide bonds. The fourth-order valence-electron chi connectivity index (χ4n) is 2.18. The fraction of sp³-hybridized carbons (Fsp3) is 0.222. The van der Waals surface area contributed by atoms with Gasteiger partial charge in [-0.2, -0.15) is 0 Å². The third-order valence-corrected chi connectivity index (χ3v) is 4.10. The molecule has 3 N–H and O–H groups in total. The average molecular weight is 457 g/mol. The third kappa shape index (κ3) is 6.42. The normalized spacial score (nSPS) is 11.1. The lowest BCUT2D eigenvalue weighted by molar-refractivity contribution is -0.140. The second-order valence-electron chi connectivity index (χ2n) is 5.44. The number of anilines is 1. The summed E-state index contributed by atoms with van der Waals surface area (Å²) in [5, 5.41) is 2.64. The number of rotatable bonds is 7. The van der Waals surface area contributed by atoms with Gasteiger partial charge in [-0.3, -0.25) is 19.4 Å². The Bertz CT molecular complexity index is 818. The van der Waals surface area contributed by atoms with Crippen LogP contribution < -0.4 is 11.1 Å². The van der Waals surface area contributed by atoms with Crippen molar-refractivity contribution >= 4 is 51.7 Å². The van der Waals surface area contributed by atoms with Gasteiger partial charge in [0.15, 0.2) is 0 Å². The Kier molecular flexibility index (Phi) is 9.07. The summed E-state index contributed by atoms with van der Waals surface area (Å²) in [4.78, 5) is 40.2. The zero-order valence-corrected chi connectivity index (χ0v) is 16.9. The molecule has 0 fully saturated rings. The van der Waals surface area contributed by atoms with Gasteiger partial charge in [0.1, 0.15) is 5.69 Å². The topological polar surface area (TPSA) is 111 Å². The van der Waals surface area contributed by atoms with Crippen molar-refractivity contribution in [2.45, 2.75) is 18.9 Å². The van der Waals surface area contributed by atoms with Gasteiger partial charge in [0, 0.05) is 22.7 Å². The van der Waals surface area contributed by atoms with Crippen molar-refractivity contribution in [1.29, 1.82) is 0 Å². The number of ketones is 1. The molecule has 1 atom stereocenters. The second kappa shape index (κ2) is 10.8. The van der Waals surface area contributed by atoms with Crippen LogP contribution in [-0.4, -0.2) is 35.8 Å². The SMILES string of the molecule is COC(=O)CC[C@H](N)C(=O)Nc1ccc(Br)cc1C(=O)c1ccccn1.Cl. The minimum atomic E-state index is -0.907. The van der Waals surface area contributed by atoms with Crippen molar-refractivity contribution in [3.05, 3.63) is 58.3 Å². The highest BCUT2D eigenvalue weighted by molar-refractivity contribution is 9.10. The van der Waals surface area contributed by atoms with Gasteiger partial charge >= 0.3 is 5.97 Å². The van der Waals surface area contributed by atoms with Crippen LogP contribution in [0.3, 0.4) is 0 Å². The first-order chi connectivity index (χ1) is 12.4. The molecule has 0 aliphatic rings. The Hall–Kier alpha value is -2.29. The lowest BCUT2D eigenvalue weighted by atomic mass is 10.0. The number of ether oxygens (including phenoxy) is 1. The molecular formula is C18H19BrClN3O4. The van der Waals surface area contributed by atoms with Crippen molar-refractivity contribution in [1.82, 2.24) is 4.98 Å². The summed E-state index contributed by atoms with van der Waals surface area (Å²) in [7, 11) is 1.27. The smallest absolute Gasteiger partial charge is 0.305 e. The van der Waals surface area contributed by atoms with E-state index in [1.165, 1.54) is 13.3 Å². The maximum Gasteiger partial charge on any atom is 0.305 e. The maximum atomic E-state index is 12.7. The van der Waals surface area contributed by atoms with E-state index in [0.717, 1.165) is 0 Å². The summed E-state index contributed by atoms with van der Waals surface area (Å²) in [6.45, 7) is 0. The molecule has 0 aliphatic heterocycles. The molecule has 2 rings (SSSR count). The predicted octanol–water partition coefficient (Wildman–Crippen LogP) is 2.72. The number of hydrogen-bond donors (Lipinski definition) is 2. The van der Waals surface area contributed by atoms with Gasteiger partial charge < -0.3 is 15.8 Å². The number of halogens is 2. The number of amides is 1. The summed E-state index contributed by atoms with van der Waals surface area (Å²) in [5.74, 6) is -1.26. The minimum Gasteiger partial charge on any atom is -0.469 e. The molecule has 1 aromatic heterocycles. The highest BCUT2D eigenvalue weighted by Gasteiger charge is 2.20. The van der Waals surface area contributed by atoms with Crippen LogP contribution in [0, 0.1) is 0 Å². The van der Waals surface area contributed by atoms with Crippen LogP contribution in [0.15, 0.2) is 47.1 Å². The van der Waals surface area contributed by atoms with Crippen LogP contribution in [0.5, 0.6) is 0 Å². The van der Waals surface area contributed by atoms with E-state index in [9.17, 15) is 14.4 Å². The third-order valence-electron chi connectivity index (χ3n) is 3.61. The van der Waals surface area contributed by atoms with Gasteiger partial charge in [-0.15, -0.1) is 12.4 Å². The summed E-state index contributed by atoms with van der Waals surface area (Å²) in [5.41, 5.74) is 6.67. The number of pyridine rings is 1. The molecule has 0 bridgehead atoms. The van der Waals surface area contributed by atoms with Gasteiger partial charge in [0.25, 0.3) is 0 Å². The van der Waals surface area contributed by atoms with Crippen LogP contribution in [0.1, 0.15) is 28.9 Å². The number of methoxy groups -OCH3 is 1. The van der Waals surface area contributed by atoms with E-state index in [-0.39, 0.29) is 42.3 Å². The van der Waals surface area contributed by atoms with E-state index >= 15 is 0 Å². The summed E-state index contributed by atoms with van der Waals surface area (Å²) in [6.07, 6.45) is 1.69. The van der Waals surface area contributed by atoms with Gasteiger partial charge in [0.05, 0.1) is 18.8 Å². The van der Waals surface area contributed by atoms with Crippen molar-refractivity contribution in [2.75, 3.05) is 12.4 Å². The number of carbonyl (C=O) groups excluding carboxylic acids is 3. The molecule has 1 heterocycles. The highest BCUT2D eigenvalue weighted by Crippen LogP contribution is 2.23. The molecule has 1 aromatic carbocycles. The summed E-state index contributed by atoms with van der Waals surface area (Å²) < 4.78 is 5.21. The molecule has 0 spiro atoms. The monoisotopic (exact) mass is 455 g/mol. The number of esters is 1. The number of benzene rings is 1. The Balaban J connectivity index is 0.00000364. The zero-order valence-electron chi connectivity index (χ0n) is 14.5. The Labute approximate surface area is 171 Å². The van der Waals surface area contributed by atoms with E-state index in [0.29, 0.717) is 10.2 Å². The molecule has 0 saturated carbocycles. The highest BCUT2D eigenvalue weighted by atomic mass is 79.9. The van der Waals surface area contributed by atoms with E-state index in [1.54, 1.807) is 36.4 Å². The van der Waals surface area contributed by atoms with Crippen LogP contribution in [0.25, 0.3) is 0 Å². The van der Waals surface area contributed by atoms with Crippen LogP contribution >= 0.6 is 28.3 Å². The van der Waals surface area contributed by atoms with Gasteiger partial charge in [-0.1, -0.05) is 22.0 Å². The van der Waals surface area contributed by atoms with Crippen molar-refractivity contribution in [3.63, 3.8) is 0 Å². The van der Waals surface area contributed by atoms with Gasteiger partial charge in [-0.25, -0.2) is 0 Å². The number of nitrogens with zero attached hydrogens (tertiary/aromatic N) is 1. The summed E-state index contributed by atoms with van der Waals surface area (Å²) in [6, 6.07) is 9.01. The molecule has 0 radical (unpaired) electrons. The Morgan fingerprint density at radius 3 is 2.63 bits per heavy atom. The van der Waals surface area contributed by atoms with Gasteiger partial charge in [0.2, 0.25) is 11.7 Å². The van der Waals surface area contributed by atoms with Crippen molar-refractivity contribution in [2.24, 2.45) is 5.73 Å². The minimum absolute atomic E-state index is 0. The van der Waals surface area contributed by atoms with Crippen LogP contribution in [-0.2, 0) is 14.3 Å². The zero-order chi connectivity index (χ0) is 19.1. The van der Waals surface area contributed by atoms with E-state index < -0.39 is 17.9 Å². The number of nitrogens with one attached hydrogen (secondary N) is 1. The van der Waals surface area contributed by atoms with Crippen LogP contribution in [0.2, 0.25) is 0 Å². The van der Waals surface area contributed by atoms with E-state index in [4.69, 9.17) is 5.73 Å². The van der Waals surface area contributed by atoms with Gasteiger partial charge in [-0.05, 0) is 36.8 Å². The lowest BCUT2D eigenvalue weighted by Crippen LogP contribution is -2.36. The Morgan fingerprint density at radius 1 is 1.26 bits per heavy atom. The predicted molar refractivity (Wildman–Crippen MR) is 107 cm³/mol. The number of hydrogen-bond acceptors (Lipinski definition) is 6. The molecule has 0 aliphatic carbocycles. The standard InChI is InChI=1S/C18H18BrN3O4.ClH/c1-26-16(23)8-6-13(20)18(25)22-14-7-5-11(19)10-12(14)17(24)15-4-2-3-9-21-15;/h2-5,7,9-10,13H,6,8,20H2,1H3,(H,22,25);1H/t13-;/m0./s1. The van der Waals surface area contributed by atoms with E-state index in [2.05, 4.69) is 31.0 Å². The summed E-state index contributed by atoms with van der Waals surface area (Å²) >= 11 is 3.32. The Morgan fingerprint density at radius 2 is 2.00 bits per heavy atom. The molecule has 9 heteroatoms. The number of aromatic nitrogens is 1. The van der Waals surface area contributed by atoms with Crippen molar-refractivity contribution in [3.8, 4) is 0 Å². The molecule has 144 valence electrons. The number of nitrogens with two attached hydrogens (primary N) is 1. The fourth-order valence-corrected chi connectivity index (χ4v) is 2.54. The lowest BCUT2D eigenvalue weighted by Gasteiger charge is -2.14. The molecule has 7 nitrogen and oxygen atoms in total. The second-order valence-corrected chi connectivity index (χ2v) is 6.36. The molecule has 0 saturated heterocycles. The maximum absolute atomic E-state index is 12.7. The first kappa shape index (κ1) is 22.8. The quantitative estimate of drug-likeness (QED) is 0.489. The number of carbonyl (C=O) groups is 3. The molecule has 0 unspecified atom stereocenters. The van der Waals surface area contributed by atoms with Crippen molar-refractivity contribution < 1.29 is 19.1 Å². The van der Waals surface area contributed by atoms with Crippen LogP contribution in [0.4, 0.5) is 5.69 Å². The molecule has 27 heavy (non-hydrogen) atoms. The average Bonchev–Trinajstić information content (AvgIpc) is 2.67. The first-order valence-electron chi connectivity index (χ1n) is 7.81. The molecular weight excluding hydrogens is 438 g/mol. The first-order valence-corrected chi connectivity index (χ1v) is 8.60.